The monoisotopic (exact) mass is 425 g/mol. The first-order chi connectivity index (χ1) is 14.9. The quantitative estimate of drug-likeness (QED) is 0.810. The Labute approximate surface area is 180 Å². The first-order valence-corrected chi connectivity index (χ1v) is 10.5. The summed E-state index contributed by atoms with van der Waals surface area (Å²) < 4.78 is 12.2. The van der Waals surface area contributed by atoms with Crippen molar-refractivity contribution in [2.75, 3.05) is 25.6 Å². The third kappa shape index (κ3) is 4.07. The SMILES string of the molecule is COc1ccc(NC(=O)c2c3c(cn(C)c2=O)CN(C(=O)[C@@H]2CCCO2)CC3)c(C)c1. The molecule has 0 aliphatic carbocycles. The smallest absolute Gasteiger partial charge is 0.263 e. The van der Waals surface area contributed by atoms with Gasteiger partial charge in [-0.3, -0.25) is 14.4 Å². The van der Waals surface area contributed by atoms with Crippen LogP contribution in [-0.2, 0) is 29.5 Å². The molecule has 8 nitrogen and oxygen atoms in total. The second kappa shape index (κ2) is 8.55. The number of methoxy groups -OCH3 is 1. The summed E-state index contributed by atoms with van der Waals surface area (Å²) in [6.45, 7) is 3.31. The summed E-state index contributed by atoms with van der Waals surface area (Å²) in [6.07, 6.45) is 3.43. The number of nitrogens with one attached hydrogen (secondary N) is 1. The number of aryl methyl sites for hydroxylation is 2. The van der Waals surface area contributed by atoms with Crippen molar-refractivity contribution in [2.24, 2.45) is 7.05 Å². The van der Waals surface area contributed by atoms with Gasteiger partial charge in [0.15, 0.2) is 0 Å². The lowest BCUT2D eigenvalue weighted by molar-refractivity contribution is -0.141. The number of carbonyl (C=O) groups excluding carboxylic acids is 2. The average Bonchev–Trinajstić information content (AvgIpc) is 3.30. The minimum Gasteiger partial charge on any atom is -0.497 e. The summed E-state index contributed by atoms with van der Waals surface area (Å²) in [6, 6.07) is 5.34. The number of amides is 2. The summed E-state index contributed by atoms with van der Waals surface area (Å²) in [5.41, 5.74) is 2.78. The molecule has 0 unspecified atom stereocenters. The van der Waals surface area contributed by atoms with Gasteiger partial charge in [0.25, 0.3) is 17.4 Å². The number of carbonyl (C=O) groups is 2. The molecule has 2 aliphatic heterocycles. The molecule has 2 aromatic rings. The van der Waals surface area contributed by atoms with Crippen molar-refractivity contribution in [1.82, 2.24) is 9.47 Å². The Hall–Kier alpha value is -3.13. The van der Waals surface area contributed by atoms with E-state index in [-0.39, 0.29) is 23.1 Å². The number of hydrogen-bond donors (Lipinski definition) is 1. The lowest BCUT2D eigenvalue weighted by Crippen LogP contribution is -2.43. The fourth-order valence-electron chi connectivity index (χ4n) is 4.28. The minimum absolute atomic E-state index is 0.0168. The molecule has 2 aliphatic rings. The summed E-state index contributed by atoms with van der Waals surface area (Å²) in [5.74, 6) is 0.237. The molecule has 8 heteroatoms. The van der Waals surface area contributed by atoms with Gasteiger partial charge in [0.05, 0.1) is 7.11 Å². The van der Waals surface area contributed by atoms with Crippen LogP contribution in [0.2, 0.25) is 0 Å². The van der Waals surface area contributed by atoms with Gasteiger partial charge in [0.2, 0.25) is 0 Å². The van der Waals surface area contributed by atoms with E-state index in [1.165, 1.54) is 4.57 Å². The molecule has 1 saturated heterocycles. The molecular weight excluding hydrogens is 398 g/mol. The van der Waals surface area contributed by atoms with Gasteiger partial charge in [0.1, 0.15) is 17.4 Å². The van der Waals surface area contributed by atoms with E-state index in [9.17, 15) is 14.4 Å². The number of nitrogens with zero attached hydrogens (tertiary/aromatic N) is 2. The molecule has 3 heterocycles. The van der Waals surface area contributed by atoms with Crippen LogP contribution in [0.5, 0.6) is 5.75 Å². The number of ether oxygens (including phenoxy) is 2. The molecule has 0 saturated carbocycles. The molecule has 1 N–H and O–H groups in total. The number of fused-ring (bicyclic) bond motifs is 1. The number of anilines is 1. The normalized spacial score (nSPS) is 17.9. The van der Waals surface area contributed by atoms with Crippen molar-refractivity contribution in [3.63, 3.8) is 0 Å². The Morgan fingerprint density at radius 1 is 1.29 bits per heavy atom. The zero-order valence-electron chi connectivity index (χ0n) is 18.1. The van der Waals surface area contributed by atoms with Gasteiger partial charge in [-0.2, -0.15) is 0 Å². The Morgan fingerprint density at radius 2 is 2.10 bits per heavy atom. The largest absolute Gasteiger partial charge is 0.497 e. The molecular formula is C23H27N3O5. The van der Waals surface area contributed by atoms with E-state index < -0.39 is 5.91 Å². The van der Waals surface area contributed by atoms with Crippen LogP contribution in [0.4, 0.5) is 5.69 Å². The Kier molecular flexibility index (Phi) is 5.82. The number of hydrogen-bond acceptors (Lipinski definition) is 5. The van der Waals surface area contributed by atoms with Gasteiger partial charge < -0.3 is 24.3 Å². The van der Waals surface area contributed by atoms with Gasteiger partial charge in [0, 0.05) is 38.6 Å². The maximum absolute atomic E-state index is 13.1. The summed E-state index contributed by atoms with van der Waals surface area (Å²) in [4.78, 5) is 40.5. The fourth-order valence-corrected chi connectivity index (χ4v) is 4.28. The third-order valence-electron chi connectivity index (χ3n) is 5.99. The van der Waals surface area contributed by atoms with E-state index in [0.29, 0.717) is 43.1 Å². The Balaban J connectivity index is 1.61. The van der Waals surface area contributed by atoms with Crippen molar-refractivity contribution in [3.05, 3.63) is 57.0 Å². The second-order valence-corrected chi connectivity index (χ2v) is 8.07. The van der Waals surface area contributed by atoms with Crippen molar-refractivity contribution in [3.8, 4) is 5.75 Å². The maximum atomic E-state index is 13.1. The maximum Gasteiger partial charge on any atom is 0.263 e. The van der Waals surface area contributed by atoms with Crippen molar-refractivity contribution >= 4 is 17.5 Å². The van der Waals surface area contributed by atoms with Gasteiger partial charge in [-0.05, 0) is 61.1 Å². The standard InChI is InChI=1S/C23H27N3O5/c1-14-11-16(30-3)6-7-18(14)24-21(27)20-17-8-9-26(22(28)19-5-4-10-31-19)13-15(17)12-25(2)23(20)29/h6-7,11-12,19H,4-5,8-10,13H2,1-3H3,(H,24,27)/t19-/m0/s1. The highest BCUT2D eigenvalue weighted by Crippen LogP contribution is 2.25. The highest BCUT2D eigenvalue weighted by molar-refractivity contribution is 6.05. The van der Waals surface area contributed by atoms with Crippen LogP contribution < -0.4 is 15.6 Å². The number of pyridine rings is 1. The van der Waals surface area contributed by atoms with E-state index in [4.69, 9.17) is 9.47 Å². The van der Waals surface area contributed by atoms with E-state index in [1.54, 1.807) is 37.4 Å². The zero-order chi connectivity index (χ0) is 22.1. The highest BCUT2D eigenvalue weighted by atomic mass is 16.5. The summed E-state index contributed by atoms with van der Waals surface area (Å²) >= 11 is 0. The second-order valence-electron chi connectivity index (χ2n) is 8.07. The lowest BCUT2D eigenvalue weighted by atomic mass is 9.95. The minimum atomic E-state index is -0.440. The lowest BCUT2D eigenvalue weighted by Gasteiger charge is -2.31. The van der Waals surface area contributed by atoms with Crippen LogP contribution in [0.25, 0.3) is 0 Å². The molecule has 1 aromatic heterocycles. The Morgan fingerprint density at radius 3 is 2.77 bits per heavy atom. The van der Waals surface area contributed by atoms with E-state index >= 15 is 0 Å². The predicted octanol–water partition coefficient (Wildman–Crippen LogP) is 2.02. The molecule has 1 atom stereocenters. The highest BCUT2D eigenvalue weighted by Gasteiger charge is 2.32. The molecule has 1 fully saturated rings. The average molecular weight is 425 g/mol. The van der Waals surface area contributed by atoms with Crippen molar-refractivity contribution in [1.29, 1.82) is 0 Å². The van der Waals surface area contributed by atoms with E-state index in [0.717, 1.165) is 24.0 Å². The van der Waals surface area contributed by atoms with Crippen molar-refractivity contribution < 1.29 is 19.1 Å². The van der Waals surface area contributed by atoms with Crippen LogP contribution in [0.3, 0.4) is 0 Å². The third-order valence-corrected chi connectivity index (χ3v) is 5.99. The summed E-state index contributed by atoms with van der Waals surface area (Å²) in [5, 5.41) is 2.87. The predicted molar refractivity (Wildman–Crippen MR) is 115 cm³/mol. The molecule has 2 amide bonds. The number of rotatable bonds is 4. The molecule has 31 heavy (non-hydrogen) atoms. The van der Waals surface area contributed by atoms with Gasteiger partial charge in [-0.25, -0.2) is 0 Å². The van der Waals surface area contributed by atoms with Gasteiger partial charge in [-0.15, -0.1) is 0 Å². The Bertz CT molecular complexity index is 1090. The zero-order valence-corrected chi connectivity index (χ0v) is 18.1. The van der Waals surface area contributed by atoms with Crippen LogP contribution in [0.1, 0.15) is 39.9 Å². The molecule has 164 valence electrons. The summed E-state index contributed by atoms with van der Waals surface area (Å²) in [7, 11) is 3.21. The van der Waals surface area contributed by atoms with Crippen LogP contribution in [0, 0.1) is 6.92 Å². The molecule has 4 rings (SSSR count). The fraction of sp³-hybridized carbons (Fsp3) is 0.435. The van der Waals surface area contributed by atoms with Crippen LogP contribution in [-0.4, -0.2) is 47.6 Å². The van der Waals surface area contributed by atoms with Gasteiger partial charge in [-0.1, -0.05) is 0 Å². The number of benzene rings is 1. The molecule has 0 radical (unpaired) electrons. The van der Waals surface area contributed by atoms with E-state index in [1.807, 2.05) is 13.0 Å². The number of aromatic nitrogens is 1. The first-order valence-electron chi connectivity index (χ1n) is 10.5. The topological polar surface area (TPSA) is 89.9 Å². The first kappa shape index (κ1) is 21.1. The van der Waals surface area contributed by atoms with E-state index in [2.05, 4.69) is 5.32 Å². The molecule has 0 bridgehead atoms. The molecule has 1 aromatic carbocycles. The van der Waals surface area contributed by atoms with Gasteiger partial charge >= 0.3 is 0 Å². The van der Waals surface area contributed by atoms with Crippen LogP contribution in [0.15, 0.2) is 29.2 Å². The molecule has 0 spiro atoms. The van der Waals surface area contributed by atoms with Crippen LogP contribution >= 0.6 is 0 Å². The van der Waals surface area contributed by atoms with Crippen molar-refractivity contribution in [2.45, 2.75) is 38.8 Å².